The maximum Gasteiger partial charge on any atom is 0.264 e. The maximum absolute atomic E-state index is 14.5. The van der Waals surface area contributed by atoms with Gasteiger partial charge in [0.15, 0.2) is 0 Å². The smallest absolute Gasteiger partial charge is 0.264 e. The van der Waals surface area contributed by atoms with Crippen LogP contribution < -0.4 is 9.62 Å². The number of hydrogen-bond donors (Lipinski definition) is 1. The van der Waals surface area contributed by atoms with Gasteiger partial charge in [-0.2, -0.15) is 0 Å². The topological polar surface area (TPSA) is 86.8 Å². The van der Waals surface area contributed by atoms with Gasteiger partial charge >= 0.3 is 0 Å². The molecule has 45 heavy (non-hydrogen) atoms. The molecule has 0 heterocycles. The van der Waals surface area contributed by atoms with Crippen LogP contribution in [0.3, 0.4) is 0 Å². The highest BCUT2D eigenvalue weighted by atomic mass is 35.5. The number of carbonyl (C=O) groups excluding carboxylic acids is 2. The Kier molecular flexibility index (Phi) is 10.8. The molecule has 1 N–H and O–H groups in total. The third-order valence-corrected chi connectivity index (χ3v) is 10.3. The van der Waals surface area contributed by atoms with Gasteiger partial charge < -0.3 is 10.2 Å². The normalized spacial score (nSPS) is 14.1. The molecule has 1 aliphatic carbocycles. The average Bonchev–Trinajstić information content (AvgIpc) is 3.56. The van der Waals surface area contributed by atoms with Crippen LogP contribution in [0.25, 0.3) is 0 Å². The molecule has 1 aliphatic rings. The van der Waals surface area contributed by atoms with Gasteiger partial charge in [0.25, 0.3) is 10.0 Å². The zero-order valence-electron chi connectivity index (χ0n) is 24.7. The third-order valence-electron chi connectivity index (χ3n) is 7.96. The number of amides is 2. The molecule has 1 fully saturated rings. The molecule has 0 aliphatic heterocycles. The summed E-state index contributed by atoms with van der Waals surface area (Å²) in [4.78, 5) is 30.0. The highest BCUT2D eigenvalue weighted by Crippen LogP contribution is 2.26. The van der Waals surface area contributed by atoms with Crippen molar-refractivity contribution in [3.8, 4) is 0 Å². The van der Waals surface area contributed by atoms with Crippen molar-refractivity contribution in [3.63, 3.8) is 0 Å². The number of anilines is 1. The van der Waals surface area contributed by atoms with Gasteiger partial charge in [-0.3, -0.25) is 13.9 Å². The Morgan fingerprint density at radius 2 is 1.31 bits per heavy atom. The minimum Gasteiger partial charge on any atom is -0.352 e. The van der Waals surface area contributed by atoms with E-state index in [9.17, 15) is 18.0 Å². The first kappa shape index (κ1) is 32.5. The molecular formula is C35H35Cl2N3O4S. The van der Waals surface area contributed by atoms with Gasteiger partial charge in [0, 0.05) is 29.1 Å². The molecule has 2 amide bonds. The molecule has 0 unspecified atom stereocenters. The summed E-state index contributed by atoms with van der Waals surface area (Å²) in [6, 6.07) is 30.0. The van der Waals surface area contributed by atoms with Crippen LogP contribution in [-0.4, -0.2) is 43.8 Å². The summed E-state index contributed by atoms with van der Waals surface area (Å²) in [5.41, 5.74) is 1.96. The molecule has 234 valence electrons. The molecule has 10 heteroatoms. The highest BCUT2D eigenvalue weighted by Gasteiger charge is 2.35. The van der Waals surface area contributed by atoms with Gasteiger partial charge in [-0.1, -0.05) is 96.7 Å². The van der Waals surface area contributed by atoms with Crippen molar-refractivity contribution in [1.29, 1.82) is 0 Å². The number of benzene rings is 4. The lowest BCUT2D eigenvalue weighted by Crippen LogP contribution is -2.54. The van der Waals surface area contributed by atoms with Crippen LogP contribution in [0.5, 0.6) is 0 Å². The van der Waals surface area contributed by atoms with E-state index in [-0.39, 0.29) is 29.8 Å². The van der Waals surface area contributed by atoms with Crippen molar-refractivity contribution < 1.29 is 18.0 Å². The molecule has 0 saturated heterocycles. The molecule has 5 rings (SSSR count). The number of hydrogen-bond acceptors (Lipinski definition) is 4. The van der Waals surface area contributed by atoms with Crippen molar-refractivity contribution in [2.45, 2.75) is 55.6 Å². The van der Waals surface area contributed by atoms with Crippen LogP contribution in [0.1, 0.15) is 36.8 Å². The van der Waals surface area contributed by atoms with Crippen LogP contribution >= 0.6 is 23.2 Å². The van der Waals surface area contributed by atoms with E-state index in [2.05, 4.69) is 5.32 Å². The third kappa shape index (κ3) is 8.45. The first-order chi connectivity index (χ1) is 21.7. The molecule has 1 atom stereocenters. The quantitative estimate of drug-likeness (QED) is 0.179. The number of carbonyl (C=O) groups is 2. The van der Waals surface area contributed by atoms with E-state index in [4.69, 9.17) is 23.2 Å². The fourth-order valence-corrected chi connectivity index (χ4v) is 7.23. The molecule has 4 aromatic rings. The van der Waals surface area contributed by atoms with Gasteiger partial charge in [0.1, 0.15) is 12.6 Å². The van der Waals surface area contributed by atoms with Crippen LogP contribution in [0.15, 0.2) is 114 Å². The van der Waals surface area contributed by atoms with E-state index in [1.165, 1.54) is 29.2 Å². The van der Waals surface area contributed by atoms with E-state index in [0.717, 1.165) is 41.1 Å². The fraction of sp³-hybridized carbons (Fsp3) is 0.257. The van der Waals surface area contributed by atoms with Crippen molar-refractivity contribution in [3.05, 3.63) is 130 Å². The molecule has 1 saturated carbocycles. The Hall–Kier alpha value is -3.85. The summed E-state index contributed by atoms with van der Waals surface area (Å²) in [7, 11) is -4.19. The molecule has 4 aromatic carbocycles. The van der Waals surface area contributed by atoms with Gasteiger partial charge in [-0.25, -0.2) is 8.42 Å². The van der Waals surface area contributed by atoms with Gasteiger partial charge in [-0.15, -0.1) is 0 Å². The van der Waals surface area contributed by atoms with Crippen LogP contribution in [0.2, 0.25) is 10.0 Å². The molecular weight excluding hydrogens is 629 g/mol. The van der Waals surface area contributed by atoms with E-state index in [1.54, 1.807) is 54.6 Å². The monoisotopic (exact) mass is 663 g/mol. The van der Waals surface area contributed by atoms with E-state index < -0.39 is 28.5 Å². The Labute approximate surface area is 274 Å². The summed E-state index contributed by atoms with van der Waals surface area (Å²) in [6.07, 6.45) is 4.10. The lowest BCUT2D eigenvalue weighted by Gasteiger charge is -2.34. The SMILES string of the molecule is O=C(NC1CCCC1)[C@@H](Cc1ccccc1)N(Cc1ccc(Cl)cc1)C(=O)CN(c1ccccc1)S(=O)(=O)c1ccc(Cl)cc1. The largest absolute Gasteiger partial charge is 0.352 e. The van der Waals surface area contributed by atoms with Crippen LogP contribution in [-0.2, 0) is 32.6 Å². The fourth-order valence-electron chi connectivity index (χ4n) is 5.56. The van der Waals surface area contributed by atoms with E-state index >= 15 is 0 Å². The van der Waals surface area contributed by atoms with E-state index in [1.807, 2.05) is 30.3 Å². The Morgan fingerprint density at radius 3 is 1.91 bits per heavy atom. The van der Waals surface area contributed by atoms with Crippen LogP contribution in [0.4, 0.5) is 5.69 Å². The maximum atomic E-state index is 14.5. The predicted molar refractivity (Wildman–Crippen MR) is 179 cm³/mol. The number of para-hydroxylation sites is 1. The standard InChI is InChI=1S/C35H35Cl2N3O4S/c36-28-17-15-27(16-18-28)24-39(33(23-26-9-3-1-4-10-26)35(42)38-30-11-7-8-12-30)34(41)25-40(31-13-5-2-6-14-31)45(43,44)32-21-19-29(37)20-22-32/h1-6,9-10,13-22,30,33H,7-8,11-12,23-25H2,(H,38,42)/t33-/m1/s1. The summed E-state index contributed by atoms with van der Waals surface area (Å²) < 4.78 is 29.2. The highest BCUT2D eigenvalue weighted by molar-refractivity contribution is 7.92. The van der Waals surface area contributed by atoms with Crippen LogP contribution in [0, 0.1) is 0 Å². The van der Waals surface area contributed by atoms with Crippen molar-refractivity contribution in [1.82, 2.24) is 10.2 Å². The first-order valence-electron chi connectivity index (χ1n) is 14.9. The molecule has 0 bridgehead atoms. The summed E-state index contributed by atoms with van der Waals surface area (Å²) in [5, 5.41) is 4.11. The lowest BCUT2D eigenvalue weighted by atomic mass is 10.0. The van der Waals surface area contributed by atoms with Gasteiger partial charge in [-0.05, 0) is 72.5 Å². The minimum absolute atomic E-state index is 0.00684. The number of rotatable bonds is 12. The second-order valence-corrected chi connectivity index (χ2v) is 13.9. The average molecular weight is 665 g/mol. The first-order valence-corrected chi connectivity index (χ1v) is 17.1. The van der Waals surface area contributed by atoms with Crippen molar-refractivity contribution in [2.75, 3.05) is 10.8 Å². The molecule has 0 spiro atoms. The number of halogens is 2. The minimum atomic E-state index is -4.19. The predicted octanol–water partition coefficient (Wildman–Crippen LogP) is 6.89. The Bertz CT molecular complexity index is 1680. The van der Waals surface area contributed by atoms with E-state index in [0.29, 0.717) is 15.7 Å². The number of nitrogens with zero attached hydrogens (tertiary/aromatic N) is 2. The van der Waals surface area contributed by atoms with Gasteiger partial charge in [0.2, 0.25) is 11.8 Å². The summed E-state index contributed by atoms with van der Waals surface area (Å²) in [5.74, 6) is -0.784. The molecule has 7 nitrogen and oxygen atoms in total. The zero-order valence-corrected chi connectivity index (χ0v) is 27.0. The lowest BCUT2D eigenvalue weighted by molar-refractivity contribution is -0.140. The second kappa shape index (κ2) is 15.0. The number of nitrogens with one attached hydrogen (secondary N) is 1. The van der Waals surface area contributed by atoms with Gasteiger partial charge in [0.05, 0.1) is 10.6 Å². The Morgan fingerprint density at radius 1 is 0.756 bits per heavy atom. The van der Waals surface area contributed by atoms with Crippen molar-refractivity contribution in [2.24, 2.45) is 0 Å². The Balaban J connectivity index is 1.54. The molecule has 0 radical (unpaired) electrons. The summed E-state index contributed by atoms with van der Waals surface area (Å²) >= 11 is 12.2. The zero-order chi connectivity index (χ0) is 31.8. The molecule has 0 aromatic heterocycles. The number of sulfonamides is 1. The second-order valence-electron chi connectivity index (χ2n) is 11.1. The van der Waals surface area contributed by atoms with Crippen molar-refractivity contribution >= 4 is 50.7 Å². The summed E-state index contributed by atoms with van der Waals surface area (Å²) in [6.45, 7) is -0.445.